The number of nitrogens with zero attached hydrogens (tertiary/aromatic N) is 4. The van der Waals surface area contributed by atoms with Crippen LogP contribution in [0.3, 0.4) is 0 Å². The van der Waals surface area contributed by atoms with Gasteiger partial charge in [0.25, 0.3) is 5.91 Å². The quantitative estimate of drug-likeness (QED) is 0.217. The average Bonchev–Trinajstić information content (AvgIpc) is 3.73. The molecule has 1 aliphatic carbocycles. The smallest absolute Gasteiger partial charge is 0.275 e. The van der Waals surface area contributed by atoms with Crippen molar-refractivity contribution in [2.45, 2.75) is 69.2 Å². The molecule has 1 saturated carbocycles. The van der Waals surface area contributed by atoms with Crippen LogP contribution in [0, 0.1) is 0 Å². The van der Waals surface area contributed by atoms with Gasteiger partial charge in [0.1, 0.15) is 16.2 Å². The Kier molecular flexibility index (Phi) is 11.8. The lowest BCUT2D eigenvalue weighted by molar-refractivity contribution is -0.142. The molecule has 1 saturated heterocycles. The second-order valence-electron chi connectivity index (χ2n) is 12.3. The van der Waals surface area contributed by atoms with Crippen LogP contribution in [0.2, 0.25) is 0 Å². The summed E-state index contributed by atoms with van der Waals surface area (Å²) < 4.78 is 8.47. The SMILES string of the molecule is CC(C)(OC[C@@]1(O)CCCC[C@@H]1n1cnc(C(=O)N2CCNC[C@H]2Cc2ccccc2)c1-c1ccccc1)c1nccs1.Cl.Cl. The molecule has 0 radical (unpaired) electrons. The molecule has 2 fully saturated rings. The van der Waals surface area contributed by atoms with Crippen LogP contribution in [0.25, 0.3) is 11.3 Å². The van der Waals surface area contributed by atoms with E-state index in [1.54, 1.807) is 23.9 Å². The second-order valence-corrected chi connectivity index (χ2v) is 13.2. The highest BCUT2D eigenvalue weighted by atomic mass is 35.5. The summed E-state index contributed by atoms with van der Waals surface area (Å²) in [4.78, 5) is 25.6. The Morgan fingerprint density at radius 3 is 2.53 bits per heavy atom. The number of thiazole rings is 1. The molecule has 0 spiro atoms. The maximum Gasteiger partial charge on any atom is 0.275 e. The molecular weight excluding hydrogens is 629 g/mol. The Hall–Kier alpha value is -2.79. The molecule has 6 rings (SSSR count). The molecule has 242 valence electrons. The van der Waals surface area contributed by atoms with Gasteiger partial charge in [-0.15, -0.1) is 36.2 Å². The van der Waals surface area contributed by atoms with E-state index in [1.165, 1.54) is 5.56 Å². The van der Waals surface area contributed by atoms with E-state index >= 15 is 0 Å². The van der Waals surface area contributed by atoms with Gasteiger partial charge >= 0.3 is 0 Å². The summed E-state index contributed by atoms with van der Waals surface area (Å²) in [7, 11) is 0. The lowest BCUT2D eigenvalue weighted by atomic mass is 9.80. The van der Waals surface area contributed by atoms with E-state index < -0.39 is 11.2 Å². The van der Waals surface area contributed by atoms with Crippen molar-refractivity contribution in [1.82, 2.24) is 24.8 Å². The van der Waals surface area contributed by atoms with Gasteiger partial charge in [-0.25, -0.2) is 9.97 Å². The number of amides is 1. The fourth-order valence-corrected chi connectivity index (χ4v) is 7.24. The number of rotatable bonds is 9. The average molecular weight is 673 g/mol. The predicted molar refractivity (Wildman–Crippen MR) is 184 cm³/mol. The first-order valence-electron chi connectivity index (χ1n) is 15.3. The predicted octanol–water partition coefficient (Wildman–Crippen LogP) is 6.31. The number of ether oxygens (including phenoxy) is 1. The first-order valence-corrected chi connectivity index (χ1v) is 16.2. The standard InChI is InChI=1S/C34H41N5O3S.2ClH/c1-33(2,32-36-18-20-43-32)42-23-34(41)16-10-9-15-28(34)39-24-37-29(30(39)26-13-7-4-8-14-26)31(40)38-19-17-35-22-27(38)21-25-11-5-3-6-12-25;;/h3-8,11-14,18,20,24,27-28,35,41H,9-10,15-17,19,21-23H2,1-2H3;2*1H/t27-,28+,34+;;/m1../s1. The number of hydrogen-bond donors (Lipinski definition) is 2. The van der Waals surface area contributed by atoms with E-state index in [0.717, 1.165) is 55.0 Å². The number of aromatic nitrogens is 3. The minimum Gasteiger partial charge on any atom is -0.385 e. The zero-order valence-electron chi connectivity index (χ0n) is 25.8. The van der Waals surface area contributed by atoms with E-state index in [2.05, 4.69) is 27.0 Å². The number of aliphatic hydroxyl groups is 1. The second kappa shape index (κ2) is 15.2. The summed E-state index contributed by atoms with van der Waals surface area (Å²) in [5.74, 6) is -0.0689. The first-order chi connectivity index (χ1) is 20.9. The number of nitrogens with one attached hydrogen (secondary N) is 1. The van der Waals surface area contributed by atoms with E-state index in [1.807, 2.05) is 72.7 Å². The van der Waals surface area contributed by atoms with E-state index in [0.29, 0.717) is 18.7 Å². The Morgan fingerprint density at radius 2 is 1.82 bits per heavy atom. The van der Waals surface area contributed by atoms with Crippen LogP contribution in [-0.2, 0) is 16.8 Å². The summed E-state index contributed by atoms with van der Waals surface area (Å²) in [6.45, 7) is 6.25. The van der Waals surface area contributed by atoms with Crippen molar-refractivity contribution in [3.05, 3.63) is 94.8 Å². The molecule has 2 aliphatic rings. The monoisotopic (exact) mass is 671 g/mol. The fraction of sp³-hybridized carbons (Fsp3) is 0.441. The van der Waals surface area contributed by atoms with Crippen molar-refractivity contribution in [1.29, 1.82) is 0 Å². The Balaban J connectivity index is 0.00000230. The summed E-state index contributed by atoms with van der Waals surface area (Å²) in [6.07, 6.45) is 7.59. The lowest BCUT2D eigenvalue weighted by Crippen LogP contribution is -2.54. The molecular formula is C34H43Cl2N5O3S. The van der Waals surface area contributed by atoms with Crippen LogP contribution in [0.5, 0.6) is 0 Å². The van der Waals surface area contributed by atoms with Crippen molar-refractivity contribution in [2.75, 3.05) is 26.2 Å². The number of carbonyl (C=O) groups is 1. The number of piperazine rings is 1. The van der Waals surface area contributed by atoms with Crippen LogP contribution >= 0.6 is 36.2 Å². The van der Waals surface area contributed by atoms with Gasteiger partial charge in [-0.05, 0) is 38.7 Å². The maximum absolute atomic E-state index is 14.4. The topological polar surface area (TPSA) is 92.5 Å². The van der Waals surface area contributed by atoms with Gasteiger partial charge < -0.3 is 24.6 Å². The Bertz CT molecular complexity index is 1500. The summed E-state index contributed by atoms with van der Waals surface area (Å²) >= 11 is 1.55. The largest absolute Gasteiger partial charge is 0.385 e. The third kappa shape index (κ3) is 7.62. The molecule has 2 aromatic carbocycles. The van der Waals surface area contributed by atoms with Crippen molar-refractivity contribution in [3.8, 4) is 11.3 Å². The van der Waals surface area contributed by atoms with Gasteiger partial charge in [-0.1, -0.05) is 73.5 Å². The minimum atomic E-state index is -1.12. The first kappa shape index (κ1) is 35.1. The van der Waals surface area contributed by atoms with Gasteiger partial charge in [-0.2, -0.15) is 0 Å². The van der Waals surface area contributed by atoms with Crippen molar-refractivity contribution in [3.63, 3.8) is 0 Å². The third-order valence-corrected chi connectivity index (χ3v) is 9.97. The highest BCUT2D eigenvalue weighted by Gasteiger charge is 2.44. The van der Waals surface area contributed by atoms with Crippen LogP contribution < -0.4 is 5.32 Å². The molecule has 2 aromatic heterocycles. The lowest BCUT2D eigenvalue weighted by Gasteiger charge is -2.42. The van der Waals surface area contributed by atoms with Crippen LogP contribution in [0.15, 0.2) is 78.6 Å². The Morgan fingerprint density at radius 1 is 1.09 bits per heavy atom. The zero-order chi connectivity index (χ0) is 29.9. The molecule has 0 unspecified atom stereocenters. The van der Waals surface area contributed by atoms with Gasteiger partial charge in [0.2, 0.25) is 0 Å². The number of carbonyl (C=O) groups excluding carboxylic acids is 1. The molecule has 0 bridgehead atoms. The molecule has 1 aliphatic heterocycles. The number of benzene rings is 2. The van der Waals surface area contributed by atoms with E-state index in [-0.39, 0.29) is 49.4 Å². The molecule has 3 atom stereocenters. The molecule has 8 nitrogen and oxygen atoms in total. The normalized spacial score (nSPS) is 21.9. The third-order valence-electron chi connectivity index (χ3n) is 8.89. The zero-order valence-corrected chi connectivity index (χ0v) is 28.3. The van der Waals surface area contributed by atoms with Gasteiger partial charge in [0, 0.05) is 42.8 Å². The summed E-state index contributed by atoms with van der Waals surface area (Å²) in [5, 5.41) is 18.5. The highest BCUT2D eigenvalue weighted by Crippen LogP contribution is 2.42. The fourth-order valence-electron chi connectivity index (χ4n) is 6.53. The van der Waals surface area contributed by atoms with E-state index in [4.69, 9.17) is 9.72 Å². The highest BCUT2D eigenvalue weighted by molar-refractivity contribution is 7.09. The van der Waals surface area contributed by atoms with Gasteiger partial charge in [0.05, 0.1) is 24.7 Å². The van der Waals surface area contributed by atoms with Crippen LogP contribution in [-0.4, -0.2) is 68.3 Å². The number of halogens is 2. The van der Waals surface area contributed by atoms with Crippen LogP contribution in [0.1, 0.15) is 66.6 Å². The van der Waals surface area contributed by atoms with Crippen molar-refractivity contribution < 1.29 is 14.6 Å². The summed E-state index contributed by atoms with van der Waals surface area (Å²) in [6, 6.07) is 20.0. The van der Waals surface area contributed by atoms with Gasteiger partial charge in [0.15, 0.2) is 5.69 Å². The maximum atomic E-state index is 14.4. The molecule has 1 amide bonds. The van der Waals surface area contributed by atoms with Crippen molar-refractivity contribution in [2.24, 2.45) is 0 Å². The van der Waals surface area contributed by atoms with Crippen molar-refractivity contribution >= 4 is 42.1 Å². The minimum absolute atomic E-state index is 0. The molecule has 3 heterocycles. The number of hydrogen-bond acceptors (Lipinski definition) is 7. The summed E-state index contributed by atoms with van der Waals surface area (Å²) in [5.41, 5.74) is 1.56. The molecule has 45 heavy (non-hydrogen) atoms. The Labute approximate surface area is 282 Å². The number of imidazole rings is 1. The molecule has 4 aromatic rings. The van der Waals surface area contributed by atoms with Crippen LogP contribution in [0.4, 0.5) is 0 Å². The molecule has 11 heteroatoms. The van der Waals surface area contributed by atoms with E-state index in [9.17, 15) is 9.90 Å². The molecule has 2 N–H and O–H groups in total. The van der Waals surface area contributed by atoms with Gasteiger partial charge in [-0.3, -0.25) is 4.79 Å².